The second-order valence-electron chi connectivity index (χ2n) is 12.0. The van der Waals surface area contributed by atoms with E-state index in [1.807, 2.05) is 49.4 Å². The van der Waals surface area contributed by atoms with Crippen molar-refractivity contribution >= 4 is 39.1 Å². The first-order chi connectivity index (χ1) is 22.3. The average Bonchev–Trinajstić information content (AvgIpc) is 3.52. The van der Waals surface area contributed by atoms with Crippen molar-refractivity contribution in [3.05, 3.63) is 113 Å². The van der Waals surface area contributed by atoms with Gasteiger partial charge in [0.15, 0.2) is 10.8 Å². The highest BCUT2D eigenvalue weighted by Crippen LogP contribution is 2.36. The van der Waals surface area contributed by atoms with Crippen LogP contribution in [0.25, 0.3) is 21.3 Å². The van der Waals surface area contributed by atoms with Crippen LogP contribution in [0.1, 0.15) is 39.6 Å². The highest BCUT2D eigenvalue weighted by molar-refractivity contribution is 7.20. The van der Waals surface area contributed by atoms with Gasteiger partial charge in [-0.2, -0.15) is 0 Å². The number of carbonyl (C=O) groups is 2. The number of hydrogen-bond donors (Lipinski definition) is 2. The molecule has 4 aromatic carbocycles. The molecule has 5 aromatic rings. The number of thiazole rings is 1. The van der Waals surface area contributed by atoms with Crippen molar-refractivity contribution in [2.24, 2.45) is 5.92 Å². The molecule has 2 heterocycles. The molecule has 1 aromatic heterocycles. The Morgan fingerprint density at radius 1 is 1.02 bits per heavy atom. The molecule has 1 aliphatic rings. The molecule has 0 saturated heterocycles. The van der Waals surface area contributed by atoms with Crippen molar-refractivity contribution in [1.82, 2.24) is 14.8 Å². The van der Waals surface area contributed by atoms with Crippen molar-refractivity contribution in [2.75, 3.05) is 32.1 Å². The lowest BCUT2D eigenvalue weighted by atomic mass is 9.98. The van der Waals surface area contributed by atoms with E-state index in [2.05, 4.69) is 65.6 Å². The molecular weight excluding hydrogens is 596 g/mol. The van der Waals surface area contributed by atoms with Crippen LogP contribution in [-0.2, 0) is 6.54 Å². The molecule has 0 spiro atoms. The number of nitrogens with zero attached hydrogens (tertiary/aromatic N) is 3. The van der Waals surface area contributed by atoms with Crippen LogP contribution < -0.4 is 10.1 Å². The minimum Gasteiger partial charge on any atom is -0.486 e. The van der Waals surface area contributed by atoms with E-state index >= 15 is 0 Å². The Kier molecular flexibility index (Phi) is 9.44. The number of benzene rings is 4. The Morgan fingerprint density at radius 2 is 1.74 bits per heavy atom. The lowest BCUT2D eigenvalue weighted by Crippen LogP contribution is -2.49. The van der Waals surface area contributed by atoms with Crippen LogP contribution >= 0.6 is 11.3 Å². The van der Waals surface area contributed by atoms with Gasteiger partial charge in [-0.05, 0) is 54.9 Å². The topological polar surface area (TPSA) is 95.0 Å². The fourth-order valence-electron chi connectivity index (χ4n) is 5.82. The normalized spacial score (nSPS) is 17.2. The van der Waals surface area contributed by atoms with Crippen LogP contribution in [-0.4, -0.2) is 70.6 Å². The Hall–Kier alpha value is -4.57. The molecule has 46 heavy (non-hydrogen) atoms. The monoisotopic (exact) mass is 634 g/mol. The van der Waals surface area contributed by atoms with Crippen molar-refractivity contribution < 1.29 is 19.4 Å². The van der Waals surface area contributed by atoms with Crippen LogP contribution in [0.5, 0.6) is 5.75 Å². The van der Waals surface area contributed by atoms with E-state index in [1.165, 1.54) is 28.0 Å². The van der Waals surface area contributed by atoms with E-state index in [0.29, 0.717) is 41.6 Å². The van der Waals surface area contributed by atoms with Gasteiger partial charge in [-0.3, -0.25) is 14.5 Å². The Balaban J connectivity index is 1.26. The highest BCUT2D eigenvalue weighted by atomic mass is 32.1. The van der Waals surface area contributed by atoms with E-state index < -0.39 is 0 Å². The van der Waals surface area contributed by atoms with E-state index in [0.717, 1.165) is 10.2 Å². The van der Waals surface area contributed by atoms with Crippen LogP contribution in [0.4, 0.5) is 5.69 Å². The summed E-state index contributed by atoms with van der Waals surface area (Å²) in [5.74, 6) is -0.352. The van der Waals surface area contributed by atoms with Gasteiger partial charge in [0.05, 0.1) is 34.1 Å². The lowest BCUT2D eigenvalue weighted by Gasteiger charge is -2.38. The summed E-state index contributed by atoms with van der Waals surface area (Å²) in [6.07, 6.45) is -0.311. The van der Waals surface area contributed by atoms with Gasteiger partial charge >= 0.3 is 0 Å². The van der Waals surface area contributed by atoms with Crippen LogP contribution in [0.2, 0.25) is 0 Å². The molecule has 0 radical (unpaired) electrons. The van der Waals surface area contributed by atoms with Crippen molar-refractivity contribution in [3.8, 4) is 16.9 Å². The number of nitrogens with one attached hydrogen (secondary N) is 1. The molecule has 0 aliphatic carbocycles. The summed E-state index contributed by atoms with van der Waals surface area (Å²) in [6, 6.07) is 31.3. The number of fused-ring (bicyclic) bond motifs is 2. The Bertz CT molecular complexity index is 1790. The molecule has 0 unspecified atom stereocenters. The standard InChI is InChI=1S/C37H38N4O4S/c1-24-20-41(25(2)23-42)37(44)29-12-9-14-31(38-35(43)36-39-30-13-7-8-15-33(30)46-36)34(29)45-32(24)22-40(3)21-26-16-18-28(19-17-26)27-10-5-4-6-11-27/h4-19,24-25,32,42H,20-23H2,1-3H3,(H,38,43)/t24-,25-,32+/m0/s1. The number of anilines is 1. The summed E-state index contributed by atoms with van der Waals surface area (Å²) in [6.45, 7) is 5.45. The largest absolute Gasteiger partial charge is 0.486 e. The van der Waals surface area contributed by atoms with Gasteiger partial charge in [-0.1, -0.05) is 79.7 Å². The van der Waals surface area contributed by atoms with Gasteiger partial charge in [0.2, 0.25) is 0 Å². The fourth-order valence-corrected chi connectivity index (χ4v) is 6.68. The van der Waals surface area contributed by atoms with Gasteiger partial charge in [0, 0.05) is 25.6 Å². The van der Waals surface area contributed by atoms with E-state index in [1.54, 1.807) is 23.1 Å². The summed E-state index contributed by atoms with van der Waals surface area (Å²) in [4.78, 5) is 35.7. The minimum absolute atomic E-state index is 0.0676. The number of carbonyl (C=O) groups excluding carboxylic acids is 2. The third-order valence-corrected chi connectivity index (χ3v) is 9.47. The smallest absolute Gasteiger partial charge is 0.284 e. The Morgan fingerprint density at radius 3 is 2.48 bits per heavy atom. The number of likely N-dealkylation sites (N-methyl/N-ethyl adjacent to an activating group) is 1. The first-order valence-corrected chi connectivity index (χ1v) is 16.3. The maximum Gasteiger partial charge on any atom is 0.284 e. The van der Waals surface area contributed by atoms with Crippen LogP contribution in [0.3, 0.4) is 0 Å². The summed E-state index contributed by atoms with van der Waals surface area (Å²) in [7, 11) is 2.06. The second-order valence-corrected chi connectivity index (χ2v) is 13.0. The number of rotatable bonds is 9. The van der Waals surface area contributed by atoms with Gasteiger partial charge in [-0.15, -0.1) is 11.3 Å². The predicted octanol–water partition coefficient (Wildman–Crippen LogP) is 6.57. The third kappa shape index (κ3) is 6.82. The zero-order valence-electron chi connectivity index (χ0n) is 26.2. The molecule has 236 valence electrons. The van der Waals surface area contributed by atoms with E-state index in [9.17, 15) is 14.7 Å². The minimum atomic E-state index is -0.386. The van der Waals surface area contributed by atoms with Gasteiger partial charge in [0.25, 0.3) is 11.8 Å². The number of aliphatic hydroxyl groups excluding tert-OH is 1. The van der Waals surface area contributed by atoms with Gasteiger partial charge in [-0.25, -0.2) is 4.98 Å². The molecule has 2 N–H and O–H groups in total. The van der Waals surface area contributed by atoms with Crippen molar-refractivity contribution in [1.29, 1.82) is 0 Å². The molecule has 0 bridgehead atoms. The van der Waals surface area contributed by atoms with Crippen LogP contribution in [0, 0.1) is 5.92 Å². The predicted molar refractivity (Wildman–Crippen MR) is 183 cm³/mol. The molecule has 6 rings (SSSR count). The maximum absolute atomic E-state index is 13.9. The average molecular weight is 635 g/mol. The molecule has 9 heteroatoms. The molecule has 8 nitrogen and oxygen atoms in total. The number of ether oxygens (including phenoxy) is 1. The van der Waals surface area contributed by atoms with Crippen molar-refractivity contribution in [2.45, 2.75) is 32.5 Å². The van der Waals surface area contributed by atoms with Crippen molar-refractivity contribution in [3.63, 3.8) is 0 Å². The van der Waals surface area contributed by atoms with Gasteiger partial charge < -0.3 is 20.1 Å². The molecule has 0 fully saturated rings. The van der Waals surface area contributed by atoms with Gasteiger partial charge in [0.1, 0.15) is 6.10 Å². The quantitative estimate of drug-likeness (QED) is 0.191. The van der Waals surface area contributed by atoms with E-state index in [4.69, 9.17) is 4.74 Å². The number of aliphatic hydroxyl groups is 1. The summed E-state index contributed by atoms with van der Waals surface area (Å²) < 4.78 is 7.63. The number of aromatic nitrogens is 1. The maximum atomic E-state index is 13.9. The summed E-state index contributed by atoms with van der Waals surface area (Å²) in [5.41, 5.74) is 5.04. The SMILES string of the molecule is C[C@H]1CN([C@@H](C)CO)C(=O)c2cccc(NC(=O)c3nc4ccccc4s3)c2O[C@@H]1CN(C)Cc1ccc(-c2ccccc2)cc1. The molecular formula is C37H38N4O4S. The zero-order chi connectivity index (χ0) is 32.2. The number of para-hydroxylation sites is 2. The molecule has 1 aliphatic heterocycles. The molecule has 3 atom stereocenters. The fraction of sp³-hybridized carbons (Fsp3) is 0.270. The third-order valence-electron chi connectivity index (χ3n) is 8.43. The second kappa shape index (κ2) is 13.8. The van der Waals surface area contributed by atoms with E-state index in [-0.39, 0.29) is 36.5 Å². The van der Waals surface area contributed by atoms with Crippen LogP contribution in [0.15, 0.2) is 97.1 Å². The highest BCUT2D eigenvalue weighted by Gasteiger charge is 2.34. The lowest BCUT2D eigenvalue weighted by molar-refractivity contribution is 0.0343. The zero-order valence-corrected chi connectivity index (χ0v) is 27.0. The number of amides is 2. The summed E-state index contributed by atoms with van der Waals surface area (Å²) in [5, 5.41) is 13.3. The molecule has 0 saturated carbocycles. The summed E-state index contributed by atoms with van der Waals surface area (Å²) >= 11 is 1.31. The number of hydrogen-bond acceptors (Lipinski definition) is 7. The first-order valence-electron chi connectivity index (χ1n) is 15.5. The molecule has 2 amide bonds. The Labute approximate surface area is 273 Å². The first kappa shape index (κ1) is 31.4.